The molecule has 0 saturated carbocycles. The van der Waals surface area contributed by atoms with E-state index >= 15 is 0 Å². The molecule has 3 nitrogen and oxygen atoms in total. The number of phenolic OH excluding ortho intramolecular Hbond substituents is 1. The van der Waals surface area contributed by atoms with E-state index in [1.807, 2.05) is 0 Å². The zero-order valence-corrected chi connectivity index (χ0v) is 11.4. The summed E-state index contributed by atoms with van der Waals surface area (Å²) in [5, 5.41) is 12.6. The van der Waals surface area contributed by atoms with E-state index in [4.69, 9.17) is 34.8 Å². The van der Waals surface area contributed by atoms with E-state index in [0.717, 1.165) is 0 Å². The standard InChI is InChI=1S/C11H12Cl3NO2/c1-11(5-12,6-13)15-10(17)8-3-2-7(14)4-9(8)16/h2-4,16H,5-6H2,1H3,(H,15,17). The highest BCUT2D eigenvalue weighted by molar-refractivity contribution is 6.30. The number of hydrogen-bond acceptors (Lipinski definition) is 2. The predicted octanol–water partition coefficient (Wildman–Crippen LogP) is 3.01. The van der Waals surface area contributed by atoms with Gasteiger partial charge in [-0.05, 0) is 25.1 Å². The molecule has 1 aromatic rings. The molecule has 0 saturated heterocycles. The Bertz CT molecular complexity index is 419. The monoisotopic (exact) mass is 295 g/mol. The first kappa shape index (κ1) is 14.4. The molecule has 2 N–H and O–H groups in total. The normalized spacial score (nSPS) is 11.3. The first-order valence-corrected chi connectivity index (χ1v) is 6.29. The third kappa shape index (κ3) is 3.66. The van der Waals surface area contributed by atoms with Gasteiger partial charge in [0, 0.05) is 16.8 Å². The van der Waals surface area contributed by atoms with Gasteiger partial charge in [0.15, 0.2) is 0 Å². The van der Waals surface area contributed by atoms with Gasteiger partial charge >= 0.3 is 0 Å². The minimum atomic E-state index is -0.716. The molecule has 0 fully saturated rings. The molecule has 0 aliphatic heterocycles. The van der Waals surface area contributed by atoms with Crippen LogP contribution in [0.25, 0.3) is 0 Å². The Balaban J connectivity index is 2.90. The van der Waals surface area contributed by atoms with Crippen LogP contribution >= 0.6 is 34.8 Å². The topological polar surface area (TPSA) is 49.3 Å². The highest BCUT2D eigenvalue weighted by atomic mass is 35.5. The van der Waals surface area contributed by atoms with Crippen LogP contribution in [0.3, 0.4) is 0 Å². The zero-order chi connectivity index (χ0) is 13.1. The van der Waals surface area contributed by atoms with Gasteiger partial charge in [0.05, 0.1) is 11.1 Å². The lowest BCUT2D eigenvalue weighted by Gasteiger charge is -2.26. The van der Waals surface area contributed by atoms with Crippen molar-refractivity contribution in [2.45, 2.75) is 12.5 Å². The van der Waals surface area contributed by atoms with Crippen molar-refractivity contribution in [2.75, 3.05) is 11.8 Å². The summed E-state index contributed by atoms with van der Waals surface area (Å²) in [7, 11) is 0. The molecule has 0 atom stereocenters. The van der Waals surface area contributed by atoms with Gasteiger partial charge in [-0.1, -0.05) is 11.6 Å². The summed E-state index contributed by atoms with van der Waals surface area (Å²) in [6, 6.07) is 4.26. The number of carbonyl (C=O) groups excluding carboxylic acids is 1. The second kappa shape index (κ2) is 5.80. The largest absolute Gasteiger partial charge is 0.507 e. The average Bonchev–Trinajstić information content (AvgIpc) is 2.28. The number of rotatable bonds is 4. The van der Waals surface area contributed by atoms with Crippen LogP contribution < -0.4 is 5.32 Å². The van der Waals surface area contributed by atoms with Gasteiger partial charge in [-0.25, -0.2) is 0 Å². The van der Waals surface area contributed by atoms with Crippen molar-refractivity contribution in [3.63, 3.8) is 0 Å². The van der Waals surface area contributed by atoms with Crippen LogP contribution in [0.15, 0.2) is 18.2 Å². The molecule has 0 aliphatic rings. The maximum absolute atomic E-state index is 11.9. The molecule has 1 rings (SSSR count). The molecule has 0 spiro atoms. The Kier molecular flexibility index (Phi) is 4.92. The molecule has 94 valence electrons. The molecule has 0 aliphatic carbocycles. The Morgan fingerprint density at radius 2 is 2.00 bits per heavy atom. The fourth-order valence-electron chi connectivity index (χ4n) is 1.14. The van der Waals surface area contributed by atoms with Crippen molar-refractivity contribution in [3.8, 4) is 5.75 Å². The van der Waals surface area contributed by atoms with Crippen molar-refractivity contribution < 1.29 is 9.90 Å². The highest BCUT2D eigenvalue weighted by Gasteiger charge is 2.25. The van der Waals surface area contributed by atoms with Gasteiger partial charge in [-0.15, -0.1) is 23.2 Å². The van der Waals surface area contributed by atoms with Gasteiger partial charge in [0.2, 0.25) is 0 Å². The molecule has 17 heavy (non-hydrogen) atoms. The lowest BCUT2D eigenvalue weighted by Crippen LogP contribution is -2.49. The smallest absolute Gasteiger partial charge is 0.255 e. The minimum absolute atomic E-state index is 0.135. The van der Waals surface area contributed by atoms with Gasteiger partial charge in [-0.3, -0.25) is 4.79 Å². The fraction of sp³-hybridized carbons (Fsp3) is 0.364. The first-order valence-electron chi connectivity index (χ1n) is 4.85. The zero-order valence-electron chi connectivity index (χ0n) is 9.14. The molecule has 0 bridgehead atoms. The number of alkyl halides is 2. The number of carbonyl (C=O) groups is 1. The first-order chi connectivity index (χ1) is 7.91. The number of benzene rings is 1. The summed E-state index contributed by atoms with van der Waals surface area (Å²) >= 11 is 17.1. The lowest BCUT2D eigenvalue weighted by atomic mass is 10.1. The number of phenols is 1. The van der Waals surface area contributed by atoms with Gasteiger partial charge in [0.25, 0.3) is 5.91 Å². The quantitative estimate of drug-likeness (QED) is 0.839. The van der Waals surface area contributed by atoms with Crippen molar-refractivity contribution in [2.24, 2.45) is 0 Å². The van der Waals surface area contributed by atoms with Crippen LogP contribution in [0.1, 0.15) is 17.3 Å². The molecule has 0 heterocycles. The van der Waals surface area contributed by atoms with Crippen LogP contribution in [-0.4, -0.2) is 28.3 Å². The third-order valence-electron chi connectivity index (χ3n) is 2.21. The van der Waals surface area contributed by atoms with Crippen LogP contribution in [0.5, 0.6) is 5.75 Å². The second-order valence-corrected chi connectivity index (χ2v) is 4.91. The molecule has 0 unspecified atom stereocenters. The van der Waals surface area contributed by atoms with Crippen LogP contribution in [0.4, 0.5) is 0 Å². The molecule has 1 aromatic carbocycles. The van der Waals surface area contributed by atoms with Crippen molar-refractivity contribution >= 4 is 40.7 Å². The van der Waals surface area contributed by atoms with E-state index in [2.05, 4.69) is 5.32 Å². The minimum Gasteiger partial charge on any atom is -0.507 e. The van der Waals surface area contributed by atoms with Crippen molar-refractivity contribution in [1.29, 1.82) is 0 Å². The summed E-state index contributed by atoms with van der Waals surface area (Å²) in [4.78, 5) is 11.9. The Hall–Kier alpha value is -0.640. The molecule has 0 aromatic heterocycles. The van der Waals surface area contributed by atoms with Gasteiger partial charge < -0.3 is 10.4 Å². The Labute approximate surface area is 115 Å². The van der Waals surface area contributed by atoms with E-state index in [9.17, 15) is 9.90 Å². The summed E-state index contributed by atoms with van der Waals surface area (Å²) in [6.07, 6.45) is 0. The summed E-state index contributed by atoms with van der Waals surface area (Å²) in [6.45, 7) is 1.72. The molecule has 6 heteroatoms. The summed E-state index contributed by atoms with van der Waals surface area (Å²) in [5.41, 5.74) is -0.581. The SMILES string of the molecule is CC(CCl)(CCl)NC(=O)c1ccc(Cl)cc1O. The van der Waals surface area contributed by atoms with Gasteiger partial charge in [0.1, 0.15) is 5.75 Å². The molecular weight excluding hydrogens is 284 g/mol. The number of hydrogen-bond donors (Lipinski definition) is 2. The van der Waals surface area contributed by atoms with E-state index in [-0.39, 0.29) is 23.1 Å². The van der Waals surface area contributed by atoms with E-state index in [1.54, 1.807) is 6.92 Å². The summed E-state index contributed by atoms with van der Waals surface area (Å²) < 4.78 is 0. The Morgan fingerprint density at radius 3 is 2.47 bits per heavy atom. The maximum atomic E-state index is 11.9. The van der Waals surface area contributed by atoms with Crippen LogP contribution in [-0.2, 0) is 0 Å². The molecule has 0 radical (unpaired) electrons. The lowest BCUT2D eigenvalue weighted by molar-refractivity contribution is 0.0918. The number of nitrogens with one attached hydrogen (secondary N) is 1. The Morgan fingerprint density at radius 1 is 1.41 bits per heavy atom. The van der Waals surface area contributed by atoms with Crippen LogP contribution in [0, 0.1) is 0 Å². The van der Waals surface area contributed by atoms with E-state index < -0.39 is 11.4 Å². The average molecular weight is 297 g/mol. The number of halogens is 3. The predicted molar refractivity (Wildman–Crippen MR) is 70.4 cm³/mol. The van der Waals surface area contributed by atoms with Gasteiger partial charge in [-0.2, -0.15) is 0 Å². The molecule has 1 amide bonds. The fourth-order valence-corrected chi connectivity index (χ4v) is 1.73. The number of amides is 1. The third-order valence-corrected chi connectivity index (χ3v) is 3.62. The van der Waals surface area contributed by atoms with Crippen molar-refractivity contribution in [3.05, 3.63) is 28.8 Å². The summed E-state index contributed by atoms with van der Waals surface area (Å²) in [5.74, 6) is -0.267. The highest BCUT2D eigenvalue weighted by Crippen LogP contribution is 2.22. The number of aromatic hydroxyl groups is 1. The second-order valence-electron chi connectivity index (χ2n) is 3.94. The maximum Gasteiger partial charge on any atom is 0.255 e. The van der Waals surface area contributed by atoms with E-state index in [0.29, 0.717) is 5.02 Å². The van der Waals surface area contributed by atoms with E-state index in [1.165, 1.54) is 18.2 Å². The van der Waals surface area contributed by atoms with Crippen molar-refractivity contribution in [1.82, 2.24) is 5.32 Å². The van der Waals surface area contributed by atoms with Crippen LogP contribution in [0.2, 0.25) is 5.02 Å². The molecular formula is C11H12Cl3NO2.